The second-order valence-electron chi connectivity index (χ2n) is 7.62. The lowest BCUT2D eigenvalue weighted by Crippen LogP contribution is -2.30. The molecule has 7 heteroatoms. The molecule has 0 aromatic heterocycles. The van der Waals surface area contributed by atoms with Gasteiger partial charge in [-0.25, -0.2) is 8.42 Å². The van der Waals surface area contributed by atoms with Crippen LogP contribution in [0.2, 0.25) is 0 Å². The first-order valence-electron chi connectivity index (χ1n) is 10.1. The van der Waals surface area contributed by atoms with Crippen molar-refractivity contribution in [3.63, 3.8) is 0 Å². The minimum absolute atomic E-state index is 0.0391. The topological polar surface area (TPSA) is 74.7 Å². The number of carbonyl (C=O) groups is 1. The average molecular weight is 466 g/mol. The fraction of sp³-hybridized carbons (Fsp3) is 0.160. The number of aryl methyl sites for hydroxylation is 1. The van der Waals surface area contributed by atoms with Crippen LogP contribution < -0.4 is 0 Å². The number of thioether (sulfide) groups is 1. The maximum absolute atomic E-state index is 13.5. The van der Waals surface area contributed by atoms with Crippen molar-refractivity contribution < 1.29 is 18.3 Å². The Morgan fingerprint density at radius 3 is 2.16 bits per heavy atom. The third-order valence-corrected chi connectivity index (χ3v) is 8.14. The number of carbonyl (C=O) groups excluding carboxylic acids is 1. The summed E-state index contributed by atoms with van der Waals surface area (Å²) in [5, 5.41) is 10.8. The summed E-state index contributed by atoms with van der Waals surface area (Å²) in [6.07, 6.45) is 1.95. The normalized spacial score (nSPS) is 16.6. The first kappa shape index (κ1) is 22.2. The van der Waals surface area contributed by atoms with E-state index in [9.17, 15) is 18.3 Å². The molecular weight excluding hydrogens is 442 g/mol. The van der Waals surface area contributed by atoms with Crippen molar-refractivity contribution in [3.05, 3.63) is 106 Å². The predicted molar refractivity (Wildman–Crippen MR) is 126 cm³/mol. The Balaban J connectivity index is 1.84. The van der Waals surface area contributed by atoms with Crippen molar-refractivity contribution >= 4 is 27.5 Å². The quantitative estimate of drug-likeness (QED) is 0.516. The van der Waals surface area contributed by atoms with E-state index in [4.69, 9.17) is 0 Å². The Bertz CT molecular complexity index is 1270. The van der Waals surface area contributed by atoms with Crippen LogP contribution in [0.4, 0.5) is 0 Å². The SMILES string of the molecule is CSc1ccc([C@H]2C(S(=O)(=O)c3ccccc3)=C(O)C(=O)N2Cc2ccc(C)cc2)cc1. The van der Waals surface area contributed by atoms with Gasteiger partial charge < -0.3 is 10.0 Å². The van der Waals surface area contributed by atoms with E-state index >= 15 is 0 Å². The van der Waals surface area contributed by atoms with E-state index in [2.05, 4.69) is 0 Å². The molecule has 3 aromatic carbocycles. The number of benzene rings is 3. The van der Waals surface area contributed by atoms with Crippen LogP contribution in [0.3, 0.4) is 0 Å². The van der Waals surface area contributed by atoms with Gasteiger partial charge >= 0.3 is 0 Å². The van der Waals surface area contributed by atoms with Crippen LogP contribution in [0, 0.1) is 6.92 Å². The highest BCUT2D eigenvalue weighted by Crippen LogP contribution is 2.43. The molecule has 1 amide bonds. The number of hydrogen-bond acceptors (Lipinski definition) is 5. The van der Waals surface area contributed by atoms with E-state index in [1.165, 1.54) is 17.0 Å². The van der Waals surface area contributed by atoms with E-state index in [1.54, 1.807) is 30.0 Å². The molecule has 0 saturated carbocycles. The van der Waals surface area contributed by atoms with E-state index in [1.807, 2.05) is 61.7 Å². The predicted octanol–water partition coefficient (Wildman–Crippen LogP) is 5.04. The summed E-state index contributed by atoms with van der Waals surface area (Å²) in [5.74, 6) is -1.42. The summed E-state index contributed by atoms with van der Waals surface area (Å²) in [6, 6.07) is 22.0. The Morgan fingerprint density at radius 1 is 0.938 bits per heavy atom. The molecule has 1 aliphatic heterocycles. The molecule has 0 saturated heterocycles. The van der Waals surface area contributed by atoms with Gasteiger partial charge in [-0.05, 0) is 48.6 Å². The van der Waals surface area contributed by atoms with Crippen molar-refractivity contribution in [1.82, 2.24) is 4.90 Å². The van der Waals surface area contributed by atoms with Gasteiger partial charge in [0, 0.05) is 11.4 Å². The average Bonchev–Trinajstić information content (AvgIpc) is 3.06. The van der Waals surface area contributed by atoms with Crippen molar-refractivity contribution in [2.45, 2.75) is 29.3 Å². The molecule has 32 heavy (non-hydrogen) atoms. The monoisotopic (exact) mass is 465 g/mol. The summed E-state index contributed by atoms with van der Waals surface area (Å²) in [4.78, 5) is 15.3. The highest BCUT2D eigenvalue weighted by molar-refractivity contribution is 7.98. The molecule has 0 fully saturated rings. The van der Waals surface area contributed by atoms with Gasteiger partial charge in [-0.3, -0.25) is 4.79 Å². The number of sulfone groups is 1. The number of amides is 1. The van der Waals surface area contributed by atoms with Crippen LogP contribution in [0.5, 0.6) is 0 Å². The van der Waals surface area contributed by atoms with Crippen LogP contribution in [0.1, 0.15) is 22.7 Å². The molecule has 1 aliphatic rings. The fourth-order valence-corrected chi connectivity index (χ4v) is 5.88. The molecule has 0 aliphatic carbocycles. The lowest BCUT2D eigenvalue weighted by molar-refractivity contribution is -0.130. The molecule has 0 spiro atoms. The number of hydrogen-bond donors (Lipinski definition) is 1. The summed E-state index contributed by atoms with van der Waals surface area (Å²) in [5.41, 5.74) is 2.56. The van der Waals surface area contributed by atoms with Crippen molar-refractivity contribution in [1.29, 1.82) is 0 Å². The number of rotatable bonds is 6. The van der Waals surface area contributed by atoms with Crippen LogP contribution >= 0.6 is 11.8 Å². The summed E-state index contributed by atoms with van der Waals surface area (Å²) in [6.45, 7) is 2.14. The smallest absolute Gasteiger partial charge is 0.290 e. The summed E-state index contributed by atoms with van der Waals surface area (Å²) >= 11 is 1.57. The van der Waals surface area contributed by atoms with E-state index in [-0.39, 0.29) is 16.3 Å². The Kier molecular flexibility index (Phi) is 6.13. The van der Waals surface area contributed by atoms with Crippen LogP contribution in [-0.4, -0.2) is 30.6 Å². The van der Waals surface area contributed by atoms with Crippen LogP contribution in [0.15, 0.2) is 99.3 Å². The molecule has 0 unspecified atom stereocenters. The first-order chi connectivity index (χ1) is 15.3. The van der Waals surface area contributed by atoms with Gasteiger partial charge in [-0.15, -0.1) is 11.8 Å². The van der Waals surface area contributed by atoms with Gasteiger partial charge in [-0.2, -0.15) is 0 Å². The summed E-state index contributed by atoms with van der Waals surface area (Å²) < 4.78 is 27.1. The second kappa shape index (κ2) is 8.84. The van der Waals surface area contributed by atoms with Crippen molar-refractivity contribution in [2.24, 2.45) is 0 Å². The largest absolute Gasteiger partial charge is 0.502 e. The minimum Gasteiger partial charge on any atom is -0.502 e. The van der Waals surface area contributed by atoms with Crippen LogP contribution in [-0.2, 0) is 21.2 Å². The van der Waals surface area contributed by atoms with Gasteiger partial charge in [0.2, 0.25) is 9.84 Å². The molecular formula is C25H23NO4S2. The minimum atomic E-state index is -4.10. The lowest BCUT2D eigenvalue weighted by atomic mass is 10.1. The second-order valence-corrected chi connectivity index (χ2v) is 10.4. The highest BCUT2D eigenvalue weighted by Gasteiger charge is 2.46. The Morgan fingerprint density at radius 2 is 1.56 bits per heavy atom. The number of nitrogens with zero attached hydrogens (tertiary/aromatic N) is 1. The number of aliphatic hydroxyl groups excluding tert-OH is 1. The van der Waals surface area contributed by atoms with E-state index in [0.29, 0.717) is 5.56 Å². The van der Waals surface area contributed by atoms with Gasteiger partial charge in [-0.1, -0.05) is 60.2 Å². The zero-order chi connectivity index (χ0) is 22.9. The highest BCUT2D eigenvalue weighted by atomic mass is 32.2. The standard InChI is InChI=1S/C25H23NO4S2/c1-17-8-10-18(11-9-17)16-26-22(19-12-14-20(31-2)15-13-19)24(23(27)25(26)28)32(29,30)21-6-4-3-5-7-21/h3-15,22,27H,16H2,1-2H3/t22-/m0/s1. The molecule has 4 rings (SSSR count). The maximum Gasteiger partial charge on any atom is 0.290 e. The van der Waals surface area contributed by atoms with Gasteiger partial charge in [0.05, 0.1) is 10.9 Å². The third-order valence-electron chi connectivity index (χ3n) is 5.50. The van der Waals surface area contributed by atoms with Gasteiger partial charge in [0.1, 0.15) is 4.91 Å². The molecule has 1 N–H and O–H groups in total. The van der Waals surface area contributed by atoms with Crippen molar-refractivity contribution in [2.75, 3.05) is 6.26 Å². The zero-order valence-electron chi connectivity index (χ0n) is 17.7. The first-order valence-corrected chi connectivity index (χ1v) is 12.8. The Labute approximate surface area is 192 Å². The third kappa shape index (κ3) is 4.06. The molecule has 1 heterocycles. The molecule has 1 atom stereocenters. The van der Waals surface area contributed by atoms with E-state index in [0.717, 1.165) is 16.0 Å². The molecule has 3 aromatic rings. The maximum atomic E-state index is 13.5. The van der Waals surface area contributed by atoms with Gasteiger partial charge in [0.25, 0.3) is 5.91 Å². The molecule has 164 valence electrons. The van der Waals surface area contributed by atoms with E-state index < -0.39 is 27.5 Å². The number of aliphatic hydroxyl groups is 1. The van der Waals surface area contributed by atoms with Gasteiger partial charge in [0.15, 0.2) is 5.76 Å². The van der Waals surface area contributed by atoms with Crippen LogP contribution in [0.25, 0.3) is 0 Å². The zero-order valence-corrected chi connectivity index (χ0v) is 19.4. The molecule has 0 bridgehead atoms. The molecule has 0 radical (unpaired) electrons. The Hall–Kier alpha value is -3.03. The fourth-order valence-electron chi connectivity index (χ4n) is 3.80. The molecule has 5 nitrogen and oxygen atoms in total. The summed E-state index contributed by atoms with van der Waals surface area (Å²) in [7, 11) is -4.10. The van der Waals surface area contributed by atoms with Crippen molar-refractivity contribution in [3.8, 4) is 0 Å². The lowest BCUT2D eigenvalue weighted by Gasteiger charge is -2.27.